The highest BCUT2D eigenvalue weighted by molar-refractivity contribution is 6.30. The maximum Gasteiger partial charge on any atom is 0.101 e. The minimum Gasteiger partial charge on any atom is -0.368 e. The summed E-state index contributed by atoms with van der Waals surface area (Å²) >= 11 is 6.08. The average Bonchev–Trinajstić information content (AvgIpc) is 2.56. The van der Waals surface area contributed by atoms with Gasteiger partial charge in [0.1, 0.15) is 6.07 Å². The van der Waals surface area contributed by atoms with Crippen LogP contribution in [-0.2, 0) is 6.54 Å². The molecule has 0 saturated carbocycles. The first-order valence-electron chi connectivity index (χ1n) is 7.47. The molecule has 0 N–H and O–H groups in total. The van der Waals surface area contributed by atoms with Gasteiger partial charge in [-0.05, 0) is 23.8 Å². The van der Waals surface area contributed by atoms with Crippen LogP contribution < -0.4 is 4.90 Å². The number of anilines is 1. The van der Waals surface area contributed by atoms with Crippen molar-refractivity contribution in [3.8, 4) is 6.07 Å². The average molecular weight is 312 g/mol. The van der Waals surface area contributed by atoms with Gasteiger partial charge in [0.05, 0.1) is 11.3 Å². The molecule has 1 aliphatic rings. The van der Waals surface area contributed by atoms with Crippen LogP contribution in [0.2, 0.25) is 5.02 Å². The van der Waals surface area contributed by atoms with E-state index in [0.717, 1.165) is 38.4 Å². The molecule has 112 valence electrons. The van der Waals surface area contributed by atoms with Crippen LogP contribution in [0.5, 0.6) is 0 Å². The summed E-state index contributed by atoms with van der Waals surface area (Å²) in [5.41, 5.74) is 2.99. The van der Waals surface area contributed by atoms with Crippen molar-refractivity contribution >= 4 is 17.3 Å². The van der Waals surface area contributed by atoms with Crippen molar-refractivity contribution in [1.82, 2.24) is 4.90 Å². The van der Waals surface area contributed by atoms with E-state index in [0.29, 0.717) is 10.6 Å². The Hall–Kier alpha value is -2.02. The maximum atomic E-state index is 9.26. The number of benzene rings is 2. The number of halogens is 1. The minimum absolute atomic E-state index is 0.681. The molecule has 4 heteroatoms. The zero-order valence-electron chi connectivity index (χ0n) is 12.4. The smallest absolute Gasteiger partial charge is 0.101 e. The monoisotopic (exact) mass is 311 g/mol. The Morgan fingerprint density at radius 2 is 1.73 bits per heavy atom. The maximum absolute atomic E-state index is 9.26. The van der Waals surface area contributed by atoms with Crippen LogP contribution in [0.15, 0.2) is 48.5 Å². The lowest BCUT2D eigenvalue weighted by Crippen LogP contribution is -2.46. The van der Waals surface area contributed by atoms with E-state index in [9.17, 15) is 5.26 Å². The van der Waals surface area contributed by atoms with Crippen molar-refractivity contribution < 1.29 is 0 Å². The lowest BCUT2D eigenvalue weighted by atomic mass is 10.1. The fourth-order valence-corrected chi connectivity index (χ4v) is 3.02. The molecule has 3 nitrogen and oxygen atoms in total. The lowest BCUT2D eigenvalue weighted by Gasteiger charge is -2.36. The molecule has 1 saturated heterocycles. The van der Waals surface area contributed by atoms with Crippen molar-refractivity contribution in [2.24, 2.45) is 0 Å². The van der Waals surface area contributed by atoms with Gasteiger partial charge in [-0.25, -0.2) is 0 Å². The standard InChI is InChI=1S/C18H18ClN3/c19-17-7-6-16(13-20)18(12-17)22-10-8-21(9-11-22)14-15-4-2-1-3-5-15/h1-7,12H,8-11,14H2. The third-order valence-electron chi connectivity index (χ3n) is 4.04. The van der Waals surface area contributed by atoms with Gasteiger partial charge in [-0.3, -0.25) is 4.90 Å². The Morgan fingerprint density at radius 1 is 1.00 bits per heavy atom. The van der Waals surface area contributed by atoms with E-state index < -0.39 is 0 Å². The molecular formula is C18H18ClN3. The normalized spacial score (nSPS) is 15.5. The van der Waals surface area contributed by atoms with Crippen molar-refractivity contribution in [3.05, 3.63) is 64.7 Å². The van der Waals surface area contributed by atoms with Gasteiger partial charge in [-0.2, -0.15) is 5.26 Å². The van der Waals surface area contributed by atoms with Crippen LogP contribution in [0.1, 0.15) is 11.1 Å². The summed E-state index contributed by atoms with van der Waals surface area (Å²) in [6.45, 7) is 4.80. The van der Waals surface area contributed by atoms with Gasteiger partial charge in [-0.1, -0.05) is 41.9 Å². The number of nitriles is 1. The Labute approximate surface area is 136 Å². The van der Waals surface area contributed by atoms with E-state index in [2.05, 4.69) is 40.1 Å². The number of hydrogen-bond donors (Lipinski definition) is 0. The molecule has 2 aromatic carbocycles. The second-order valence-electron chi connectivity index (χ2n) is 5.52. The molecule has 0 unspecified atom stereocenters. The summed E-state index contributed by atoms with van der Waals surface area (Å²) in [4.78, 5) is 4.70. The first-order chi connectivity index (χ1) is 10.8. The third kappa shape index (κ3) is 3.41. The van der Waals surface area contributed by atoms with Gasteiger partial charge in [0.15, 0.2) is 0 Å². The highest BCUT2D eigenvalue weighted by Crippen LogP contribution is 2.25. The molecule has 1 fully saturated rings. The quantitative estimate of drug-likeness (QED) is 0.868. The molecule has 0 radical (unpaired) electrons. The fraction of sp³-hybridized carbons (Fsp3) is 0.278. The van der Waals surface area contributed by atoms with Crippen LogP contribution in [0.25, 0.3) is 0 Å². The Bertz CT molecular complexity index is 670. The first-order valence-corrected chi connectivity index (χ1v) is 7.85. The zero-order chi connectivity index (χ0) is 15.4. The predicted molar refractivity (Wildman–Crippen MR) is 90.1 cm³/mol. The molecule has 0 atom stereocenters. The highest BCUT2D eigenvalue weighted by Gasteiger charge is 2.19. The Balaban J connectivity index is 1.65. The van der Waals surface area contributed by atoms with Gasteiger partial charge < -0.3 is 4.90 Å². The summed E-state index contributed by atoms with van der Waals surface area (Å²) in [6.07, 6.45) is 0. The number of nitrogens with zero attached hydrogens (tertiary/aromatic N) is 3. The lowest BCUT2D eigenvalue weighted by molar-refractivity contribution is 0.250. The van der Waals surface area contributed by atoms with E-state index in [1.807, 2.05) is 12.1 Å². The largest absolute Gasteiger partial charge is 0.368 e. The van der Waals surface area contributed by atoms with E-state index in [1.54, 1.807) is 12.1 Å². The second-order valence-corrected chi connectivity index (χ2v) is 5.96. The number of hydrogen-bond acceptors (Lipinski definition) is 3. The molecule has 22 heavy (non-hydrogen) atoms. The van der Waals surface area contributed by atoms with Crippen LogP contribution in [0.4, 0.5) is 5.69 Å². The molecule has 1 heterocycles. The highest BCUT2D eigenvalue weighted by atomic mass is 35.5. The number of piperazine rings is 1. The SMILES string of the molecule is N#Cc1ccc(Cl)cc1N1CCN(Cc2ccccc2)CC1. The van der Waals surface area contributed by atoms with Crippen LogP contribution in [-0.4, -0.2) is 31.1 Å². The van der Waals surface area contributed by atoms with Crippen molar-refractivity contribution in [3.63, 3.8) is 0 Å². The summed E-state index contributed by atoms with van der Waals surface area (Å²) in [6, 6.07) is 18.3. The van der Waals surface area contributed by atoms with Gasteiger partial charge in [0.2, 0.25) is 0 Å². The molecule has 1 aliphatic heterocycles. The Morgan fingerprint density at radius 3 is 2.41 bits per heavy atom. The van der Waals surface area contributed by atoms with Crippen LogP contribution in [0.3, 0.4) is 0 Å². The Kier molecular flexibility index (Phi) is 4.62. The fourth-order valence-electron chi connectivity index (χ4n) is 2.85. The summed E-state index contributed by atoms with van der Waals surface area (Å²) in [7, 11) is 0. The minimum atomic E-state index is 0.681. The molecule has 0 bridgehead atoms. The third-order valence-corrected chi connectivity index (χ3v) is 4.28. The number of rotatable bonds is 3. The molecular weight excluding hydrogens is 294 g/mol. The van der Waals surface area contributed by atoms with E-state index >= 15 is 0 Å². The summed E-state index contributed by atoms with van der Waals surface area (Å²) < 4.78 is 0. The topological polar surface area (TPSA) is 30.3 Å². The van der Waals surface area contributed by atoms with Crippen LogP contribution >= 0.6 is 11.6 Å². The zero-order valence-corrected chi connectivity index (χ0v) is 13.1. The van der Waals surface area contributed by atoms with Gasteiger partial charge in [0.25, 0.3) is 0 Å². The molecule has 0 spiro atoms. The van der Waals surface area contributed by atoms with Gasteiger partial charge >= 0.3 is 0 Å². The summed E-state index contributed by atoms with van der Waals surface area (Å²) in [5, 5.41) is 9.94. The summed E-state index contributed by atoms with van der Waals surface area (Å²) in [5.74, 6) is 0. The van der Waals surface area contributed by atoms with Crippen molar-refractivity contribution in [2.75, 3.05) is 31.1 Å². The predicted octanol–water partition coefficient (Wildman–Crippen LogP) is 3.53. The molecule has 0 aromatic heterocycles. The second kappa shape index (κ2) is 6.83. The molecule has 0 aliphatic carbocycles. The molecule has 0 amide bonds. The van der Waals surface area contributed by atoms with Gasteiger partial charge in [-0.15, -0.1) is 0 Å². The molecule has 2 aromatic rings. The van der Waals surface area contributed by atoms with Gasteiger partial charge in [0, 0.05) is 37.7 Å². The molecule has 3 rings (SSSR count). The van der Waals surface area contributed by atoms with Crippen molar-refractivity contribution in [1.29, 1.82) is 5.26 Å². The van der Waals surface area contributed by atoms with Crippen molar-refractivity contribution in [2.45, 2.75) is 6.54 Å². The van der Waals surface area contributed by atoms with E-state index in [1.165, 1.54) is 5.56 Å². The van der Waals surface area contributed by atoms with Crippen LogP contribution in [0, 0.1) is 11.3 Å². The first kappa shape index (κ1) is 14.9. The van der Waals surface area contributed by atoms with E-state index in [4.69, 9.17) is 11.6 Å². The van der Waals surface area contributed by atoms with E-state index in [-0.39, 0.29) is 0 Å².